The van der Waals surface area contributed by atoms with Crippen LogP contribution in [0.5, 0.6) is 0 Å². The van der Waals surface area contributed by atoms with E-state index < -0.39 is 0 Å². The highest BCUT2D eigenvalue weighted by Crippen LogP contribution is 2.48. The van der Waals surface area contributed by atoms with E-state index in [4.69, 9.17) is 5.73 Å². The SMILES string of the molecule is CC1(C)CCCC(N)(C2CCCc3cccnc32)C1. The Morgan fingerprint density at radius 2 is 2.11 bits per heavy atom. The summed E-state index contributed by atoms with van der Waals surface area (Å²) < 4.78 is 0. The third-order valence-electron chi connectivity index (χ3n) is 5.19. The van der Waals surface area contributed by atoms with Crippen LogP contribution in [0.2, 0.25) is 0 Å². The van der Waals surface area contributed by atoms with Crippen molar-refractivity contribution in [2.75, 3.05) is 0 Å². The van der Waals surface area contributed by atoms with Gasteiger partial charge >= 0.3 is 0 Å². The number of fused-ring (bicyclic) bond motifs is 1. The number of nitrogens with two attached hydrogens (primary N) is 1. The molecule has 1 heterocycles. The van der Waals surface area contributed by atoms with Gasteiger partial charge in [-0.25, -0.2) is 0 Å². The molecule has 2 aliphatic rings. The van der Waals surface area contributed by atoms with Crippen molar-refractivity contribution in [3.8, 4) is 0 Å². The Kier molecular flexibility index (Phi) is 3.17. The molecule has 0 bridgehead atoms. The number of nitrogens with zero attached hydrogens (tertiary/aromatic N) is 1. The summed E-state index contributed by atoms with van der Waals surface area (Å²) in [4.78, 5) is 4.69. The minimum Gasteiger partial charge on any atom is -0.324 e. The van der Waals surface area contributed by atoms with Gasteiger partial charge in [-0.1, -0.05) is 26.3 Å². The molecule has 19 heavy (non-hydrogen) atoms. The molecule has 0 amide bonds. The van der Waals surface area contributed by atoms with Crippen LogP contribution in [0, 0.1) is 5.41 Å². The van der Waals surface area contributed by atoms with Gasteiger partial charge in [0.05, 0.1) is 0 Å². The molecule has 2 aliphatic carbocycles. The lowest BCUT2D eigenvalue weighted by atomic mass is 9.61. The van der Waals surface area contributed by atoms with Gasteiger partial charge in [0.25, 0.3) is 0 Å². The zero-order valence-corrected chi connectivity index (χ0v) is 12.3. The maximum absolute atomic E-state index is 6.88. The minimum absolute atomic E-state index is 0.0364. The fourth-order valence-electron chi connectivity index (χ4n) is 4.43. The van der Waals surface area contributed by atoms with Gasteiger partial charge in [0.15, 0.2) is 0 Å². The van der Waals surface area contributed by atoms with Crippen LogP contribution in [0.1, 0.15) is 69.5 Å². The maximum atomic E-state index is 6.88. The number of aryl methyl sites for hydroxylation is 1. The van der Waals surface area contributed by atoms with Gasteiger partial charge in [-0.2, -0.15) is 0 Å². The van der Waals surface area contributed by atoms with Crippen LogP contribution in [0.4, 0.5) is 0 Å². The zero-order chi connectivity index (χ0) is 13.5. The van der Waals surface area contributed by atoms with E-state index >= 15 is 0 Å². The second kappa shape index (κ2) is 4.59. The average molecular weight is 258 g/mol. The first kappa shape index (κ1) is 13.1. The fourth-order valence-corrected chi connectivity index (χ4v) is 4.43. The van der Waals surface area contributed by atoms with Gasteiger partial charge in [-0.3, -0.25) is 4.98 Å². The molecule has 104 valence electrons. The van der Waals surface area contributed by atoms with Gasteiger partial charge < -0.3 is 5.73 Å². The van der Waals surface area contributed by atoms with E-state index in [-0.39, 0.29) is 5.54 Å². The summed E-state index contributed by atoms with van der Waals surface area (Å²) >= 11 is 0. The van der Waals surface area contributed by atoms with E-state index in [0.29, 0.717) is 11.3 Å². The largest absolute Gasteiger partial charge is 0.324 e. The highest BCUT2D eigenvalue weighted by atomic mass is 14.8. The quantitative estimate of drug-likeness (QED) is 0.832. The van der Waals surface area contributed by atoms with Crippen molar-refractivity contribution in [3.63, 3.8) is 0 Å². The number of rotatable bonds is 1. The van der Waals surface area contributed by atoms with E-state index in [0.717, 1.165) is 12.8 Å². The highest BCUT2D eigenvalue weighted by molar-refractivity contribution is 5.29. The van der Waals surface area contributed by atoms with Gasteiger partial charge in [-0.05, 0) is 55.6 Å². The van der Waals surface area contributed by atoms with Gasteiger partial charge in [0, 0.05) is 23.3 Å². The van der Waals surface area contributed by atoms with Crippen molar-refractivity contribution in [3.05, 3.63) is 29.6 Å². The third-order valence-corrected chi connectivity index (χ3v) is 5.19. The number of aromatic nitrogens is 1. The van der Waals surface area contributed by atoms with E-state index in [2.05, 4.69) is 31.0 Å². The first-order chi connectivity index (χ1) is 9.00. The molecule has 0 saturated heterocycles. The summed E-state index contributed by atoms with van der Waals surface area (Å²) in [5.74, 6) is 0.469. The standard InChI is InChI=1S/C17H26N2/c1-16(2)9-5-10-17(18,12-16)14-8-3-6-13-7-4-11-19-15(13)14/h4,7,11,14H,3,5-6,8-10,12,18H2,1-2H3. The molecule has 0 aliphatic heterocycles. The summed E-state index contributed by atoms with van der Waals surface area (Å²) in [5.41, 5.74) is 9.97. The van der Waals surface area contributed by atoms with Gasteiger partial charge in [-0.15, -0.1) is 0 Å². The van der Waals surface area contributed by atoms with Crippen molar-refractivity contribution < 1.29 is 0 Å². The minimum atomic E-state index is -0.0364. The van der Waals surface area contributed by atoms with Crippen LogP contribution < -0.4 is 5.73 Å². The molecular weight excluding hydrogens is 232 g/mol. The molecule has 2 heteroatoms. The maximum Gasteiger partial charge on any atom is 0.0484 e. The van der Waals surface area contributed by atoms with Crippen molar-refractivity contribution in [2.45, 2.75) is 70.3 Å². The molecule has 3 rings (SSSR count). The van der Waals surface area contributed by atoms with E-state index in [9.17, 15) is 0 Å². The summed E-state index contributed by atoms with van der Waals surface area (Å²) in [7, 11) is 0. The first-order valence-corrected chi connectivity index (χ1v) is 7.73. The van der Waals surface area contributed by atoms with Crippen LogP contribution in [0.3, 0.4) is 0 Å². The molecular formula is C17H26N2. The molecule has 2 unspecified atom stereocenters. The third kappa shape index (κ3) is 2.43. The van der Waals surface area contributed by atoms with Crippen LogP contribution in [-0.4, -0.2) is 10.5 Å². The van der Waals surface area contributed by atoms with Crippen LogP contribution in [0.25, 0.3) is 0 Å². The van der Waals surface area contributed by atoms with Crippen molar-refractivity contribution in [1.29, 1.82) is 0 Å². The van der Waals surface area contributed by atoms with Gasteiger partial charge in [0.1, 0.15) is 0 Å². The molecule has 2 N–H and O–H groups in total. The molecule has 0 radical (unpaired) electrons. The number of hydrogen-bond donors (Lipinski definition) is 1. The highest BCUT2D eigenvalue weighted by Gasteiger charge is 2.44. The Hall–Kier alpha value is -0.890. The summed E-state index contributed by atoms with van der Waals surface area (Å²) in [6.07, 6.45) is 10.5. The van der Waals surface area contributed by atoms with Crippen LogP contribution >= 0.6 is 0 Å². The monoisotopic (exact) mass is 258 g/mol. The van der Waals surface area contributed by atoms with Crippen molar-refractivity contribution >= 4 is 0 Å². The molecule has 1 aromatic rings. The van der Waals surface area contributed by atoms with Crippen LogP contribution in [0.15, 0.2) is 18.3 Å². The van der Waals surface area contributed by atoms with E-state index in [1.165, 1.54) is 43.4 Å². The Bertz CT molecular complexity index is 466. The van der Waals surface area contributed by atoms with Gasteiger partial charge in [0.2, 0.25) is 0 Å². The Morgan fingerprint density at radius 1 is 1.26 bits per heavy atom. The first-order valence-electron chi connectivity index (χ1n) is 7.73. The van der Waals surface area contributed by atoms with Crippen molar-refractivity contribution in [1.82, 2.24) is 4.98 Å². The summed E-state index contributed by atoms with van der Waals surface area (Å²) in [5, 5.41) is 0. The Balaban J connectivity index is 1.94. The number of hydrogen-bond acceptors (Lipinski definition) is 2. The Labute approximate surface area is 116 Å². The number of pyridine rings is 1. The predicted molar refractivity (Wildman–Crippen MR) is 79.1 cm³/mol. The second-order valence-electron chi connectivity index (χ2n) is 7.42. The summed E-state index contributed by atoms with van der Waals surface area (Å²) in [6.45, 7) is 4.74. The molecule has 0 aromatic carbocycles. The predicted octanol–water partition coefficient (Wildman–Crippen LogP) is 3.80. The zero-order valence-electron chi connectivity index (χ0n) is 12.3. The molecule has 1 fully saturated rings. The molecule has 2 nitrogen and oxygen atoms in total. The molecule has 2 atom stereocenters. The molecule has 1 aromatic heterocycles. The fraction of sp³-hybridized carbons (Fsp3) is 0.706. The van der Waals surface area contributed by atoms with E-state index in [1.807, 2.05) is 6.20 Å². The lowest BCUT2D eigenvalue weighted by Crippen LogP contribution is -2.52. The van der Waals surface area contributed by atoms with Crippen LogP contribution in [-0.2, 0) is 6.42 Å². The Morgan fingerprint density at radius 3 is 2.89 bits per heavy atom. The smallest absolute Gasteiger partial charge is 0.0484 e. The lowest BCUT2D eigenvalue weighted by Gasteiger charge is -2.48. The molecule has 0 spiro atoms. The van der Waals surface area contributed by atoms with Crippen molar-refractivity contribution in [2.24, 2.45) is 11.1 Å². The average Bonchev–Trinajstić information content (AvgIpc) is 2.36. The second-order valence-corrected chi connectivity index (χ2v) is 7.42. The normalized spacial score (nSPS) is 33.7. The molecule has 1 saturated carbocycles. The summed E-state index contributed by atoms with van der Waals surface area (Å²) in [6, 6.07) is 4.31. The lowest BCUT2D eigenvalue weighted by molar-refractivity contribution is 0.120. The van der Waals surface area contributed by atoms with E-state index in [1.54, 1.807) is 0 Å². The topological polar surface area (TPSA) is 38.9 Å².